The van der Waals surface area contributed by atoms with Crippen LogP contribution in [0.1, 0.15) is 6.42 Å². The summed E-state index contributed by atoms with van der Waals surface area (Å²) in [6, 6.07) is 0. The van der Waals surface area contributed by atoms with Crippen LogP contribution in [-0.4, -0.2) is 75.7 Å². The summed E-state index contributed by atoms with van der Waals surface area (Å²) >= 11 is 0. The van der Waals surface area contributed by atoms with Crippen LogP contribution in [0.25, 0.3) is 0 Å². The monoisotopic (exact) mass is 252 g/mol. The smallest absolute Gasteiger partial charge is 0.168 e. The fourth-order valence-corrected chi connectivity index (χ4v) is 2.13. The van der Waals surface area contributed by atoms with Gasteiger partial charge in [0, 0.05) is 6.54 Å². The van der Waals surface area contributed by atoms with E-state index in [0.717, 1.165) is 0 Å². The van der Waals surface area contributed by atoms with Crippen molar-refractivity contribution < 1.29 is 29.6 Å². The Labute approximate surface area is 97.4 Å². The van der Waals surface area contributed by atoms with Gasteiger partial charge in [-0.2, -0.15) is 0 Å². The summed E-state index contributed by atoms with van der Waals surface area (Å²) in [6.07, 6.45) is -7.02. The molecular formula is C9H17FN2O5. The van der Waals surface area contributed by atoms with Crippen molar-refractivity contribution in [2.24, 2.45) is 0 Å². The molecule has 0 aromatic rings. The van der Waals surface area contributed by atoms with Crippen molar-refractivity contribution in [1.29, 1.82) is 0 Å². The first-order chi connectivity index (χ1) is 8.04. The molecule has 5 N–H and O–H groups in total. The zero-order valence-electron chi connectivity index (χ0n) is 9.11. The number of aliphatic hydroxyl groups excluding tert-OH is 4. The Morgan fingerprint density at radius 3 is 2.59 bits per heavy atom. The molecule has 0 amide bonds. The van der Waals surface area contributed by atoms with Gasteiger partial charge in [-0.05, 0) is 6.42 Å². The van der Waals surface area contributed by atoms with Gasteiger partial charge in [0.05, 0.1) is 6.61 Å². The van der Waals surface area contributed by atoms with Crippen molar-refractivity contribution in [2.75, 3.05) is 13.2 Å². The minimum absolute atomic E-state index is 0.227. The summed E-state index contributed by atoms with van der Waals surface area (Å²) in [7, 11) is 0. The molecule has 2 heterocycles. The second-order valence-corrected chi connectivity index (χ2v) is 4.27. The Hall–Kier alpha value is -0.350. The number of nitrogens with one attached hydrogen (secondary N) is 1. The van der Waals surface area contributed by atoms with Gasteiger partial charge < -0.3 is 25.2 Å². The van der Waals surface area contributed by atoms with Crippen molar-refractivity contribution in [3.63, 3.8) is 0 Å². The highest BCUT2D eigenvalue weighted by Gasteiger charge is 2.48. The lowest BCUT2D eigenvalue weighted by molar-refractivity contribution is -0.185. The molecule has 2 aliphatic heterocycles. The van der Waals surface area contributed by atoms with E-state index < -0.39 is 43.8 Å². The minimum Gasteiger partial charge on any atom is -0.394 e. The molecule has 0 spiro atoms. The maximum Gasteiger partial charge on any atom is 0.168 e. The Morgan fingerprint density at radius 2 is 2.06 bits per heavy atom. The van der Waals surface area contributed by atoms with E-state index in [2.05, 4.69) is 5.32 Å². The highest BCUT2D eigenvalue weighted by Crippen LogP contribution is 2.28. The van der Waals surface area contributed by atoms with E-state index in [1.807, 2.05) is 0 Å². The van der Waals surface area contributed by atoms with Crippen LogP contribution in [-0.2, 0) is 4.74 Å². The van der Waals surface area contributed by atoms with Crippen molar-refractivity contribution in [1.82, 2.24) is 10.2 Å². The molecule has 17 heavy (non-hydrogen) atoms. The van der Waals surface area contributed by atoms with Crippen molar-refractivity contribution >= 4 is 0 Å². The summed E-state index contributed by atoms with van der Waals surface area (Å²) < 4.78 is 18.9. The van der Waals surface area contributed by atoms with E-state index >= 15 is 0 Å². The number of nitrogens with zero attached hydrogens (tertiary/aromatic N) is 1. The van der Waals surface area contributed by atoms with Gasteiger partial charge in [-0.3, -0.25) is 5.32 Å². The Morgan fingerprint density at radius 1 is 1.35 bits per heavy atom. The lowest BCUT2D eigenvalue weighted by Gasteiger charge is -2.39. The van der Waals surface area contributed by atoms with Crippen LogP contribution in [0.3, 0.4) is 0 Å². The summed E-state index contributed by atoms with van der Waals surface area (Å²) in [6.45, 7) is -0.261. The first-order valence-corrected chi connectivity index (χ1v) is 5.51. The topological polar surface area (TPSA) is 105 Å². The van der Waals surface area contributed by atoms with Crippen molar-refractivity contribution in [3.8, 4) is 0 Å². The van der Waals surface area contributed by atoms with Gasteiger partial charge >= 0.3 is 0 Å². The zero-order valence-corrected chi connectivity index (χ0v) is 9.11. The summed E-state index contributed by atoms with van der Waals surface area (Å²) in [5, 5.41) is 39.6. The molecule has 6 atom stereocenters. The fraction of sp³-hybridized carbons (Fsp3) is 1.00. The van der Waals surface area contributed by atoms with Gasteiger partial charge in [0.1, 0.15) is 24.7 Å². The molecule has 100 valence electrons. The SMILES string of the molecule is OC[C@H]1OC(N2CC[C@@H](O)NC2O)[C@H](F)[C@@H]1O. The van der Waals surface area contributed by atoms with E-state index in [-0.39, 0.29) is 6.54 Å². The molecular weight excluding hydrogens is 235 g/mol. The quantitative estimate of drug-likeness (QED) is 0.364. The molecule has 2 rings (SSSR count). The van der Waals surface area contributed by atoms with Gasteiger partial charge in [-0.25, -0.2) is 9.29 Å². The lowest BCUT2D eigenvalue weighted by atomic mass is 10.1. The summed E-state index contributed by atoms with van der Waals surface area (Å²) in [5.74, 6) is 0. The van der Waals surface area contributed by atoms with Gasteiger partial charge in [-0.15, -0.1) is 0 Å². The van der Waals surface area contributed by atoms with Gasteiger partial charge in [-0.1, -0.05) is 0 Å². The van der Waals surface area contributed by atoms with Crippen molar-refractivity contribution in [3.05, 3.63) is 0 Å². The Balaban J connectivity index is 2.03. The maximum absolute atomic E-state index is 13.7. The van der Waals surface area contributed by atoms with Crippen LogP contribution in [0, 0.1) is 0 Å². The van der Waals surface area contributed by atoms with Crippen LogP contribution in [0.4, 0.5) is 4.39 Å². The average molecular weight is 252 g/mol. The van der Waals surface area contributed by atoms with Gasteiger partial charge in [0.2, 0.25) is 0 Å². The Bertz CT molecular complexity index is 272. The molecule has 0 radical (unpaired) electrons. The number of alkyl halides is 1. The van der Waals surface area contributed by atoms with E-state index in [9.17, 15) is 19.7 Å². The van der Waals surface area contributed by atoms with E-state index in [1.165, 1.54) is 4.90 Å². The molecule has 2 saturated heterocycles. The number of hydrogen-bond donors (Lipinski definition) is 5. The Kier molecular flexibility index (Phi) is 3.93. The van der Waals surface area contributed by atoms with Crippen LogP contribution >= 0.6 is 0 Å². The maximum atomic E-state index is 13.7. The van der Waals surface area contributed by atoms with Crippen LogP contribution in [0.15, 0.2) is 0 Å². The van der Waals surface area contributed by atoms with Gasteiger partial charge in [0.15, 0.2) is 12.5 Å². The lowest BCUT2D eigenvalue weighted by Crippen LogP contribution is -2.60. The van der Waals surface area contributed by atoms with Crippen LogP contribution < -0.4 is 5.32 Å². The highest BCUT2D eigenvalue weighted by atomic mass is 19.1. The molecule has 2 unspecified atom stereocenters. The normalized spacial score (nSPS) is 48.5. The molecule has 2 fully saturated rings. The second kappa shape index (κ2) is 5.11. The second-order valence-electron chi connectivity index (χ2n) is 4.27. The van der Waals surface area contributed by atoms with E-state index in [4.69, 9.17) is 9.84 Å². The number of halogens is 1. The van der Waals surface area contributed by atoms with E-state index in [0.29, 0.717) is 6.42 Å². The zero-order chi connectivity index (χ0) is 12.6. The minimum atomic E-state index is -1.71. The molecule has 2 aliphatic rings. The van der Waals surface area contributed by atoms with E-state index in [1.54, 1.807) is 0 Å². The third kappa shape index (κ3) is 2.43. The third-order valence-corrected chi connectivity index (χ3v) is 3.12. The highest BCUT2D eigenvalue weighted by molar-refractivity contribution is 4.92. The predicted molar refractivity (Wildman–Crippen MR) is 53.1 cm³/mol. The van der Waals surface area contributed by atoms with Crippen LogP contribution in [0.2, 0.25) is 0 Å². The number of aliphatic hydroxyl groups is 4. The number of rotatable bonds is 2. The largest absolute Gasteiger partial charge is 0.394 e. The summed E-state index contributed by atoms with van der Waals surface area (Å²) in [5.41, 5.74) is 0. The van der Waals surface area contributed by atoms with Gasteiger partial charge in [0.25, 0.3) is 0 Å². The molecule has 0 aromatic carbocycles. The third-order valence-electron chi connectivity index (χ3n) is 3.12. The molecule has 0 aromatic heterocycles. The molecule has 7 nitrogen and oxygen atoms in total. The molecule has 0 bridgehead atoms. The molecule has 8 heteroatoms. The first kappa shape index (κ1) is 13.1. The standard InChI is InChI=1S/C9H17FN2O5/c10-6-7(15)4(3-13)17-8(6)12-2-1-5(14)11-9(12)16/h4-9,11,13-16H,1-3H2/t4-,5-,6-,7-,8?,9?/m1/s1. The van der Waals surface area contributed by atoms with Crippen molar-refractivity contribution in [2.45, 2.75) is 43.6 Å². The number of hydrogen-bond acceptors (Lipinski definition) is 7. The first-order valence-electron chi connectivity index (χ1n) is 5.51. The molecule has 0 saturated carbocycles. The van der Waals surface area contributed by atoms with Crippen LogP contribution in [0.5, 0.6) is 0 Å². The summed E-state index contributed by atoms with van der Waals surface area (Å²) in [4.78, 5) is 1.26. The fourth-order valence-electron chi connectivity index (χ4n) is 2.13. The average Bonchev–Trinajstić information content (AvgIpc) is 2.57. The predicted octanol–water partition coefficient (Wildman–Crippen LogP) is -2.71. The molecule has 0 aliphatic carbocycles. The number of ether oxygens (including phenoxy) is 1.